The second kappa shape index (κ2) is 7.28. The monoisotopic (exact) mass is 415 g/mol. The van der Waals surface area contributed by atoms with Crippen LogP contribution in [-0.2, 0) is 20.4 Å². The normalized spacial score (nSPS) is 31.7. The van der Waals surface area contributed by atoms with Crippen molar-refractivity contribution in [3.05, 3.63) is 48.5 Å². The van der Waals surface area contributed by atoms with Crippen molar-refractivity contribution in [3.63, 3.8) is 0 Å². The van der Waals surface area contributed by atoms with Crippen molar-refractivity contribution in [1.82, 2.24) is 19.5 Å². The van der Waals surface area contributed by atoms with E-state index in [1.807, 2.05) is 30.3 Å². The van der Waals surface area contributed by atoms with Crippen LogP contribution < -0.4 is 4.74 Å². The van der Waals surface area contributed by atoms with Gasteiger partial charge in [-0.3, -0.25) is 4.57 Å². The minimum Gasteiger partial charge on any atom is -0.471 e. The van der Waals surface area contributed by atoms with Gasteiger partial charge in [-0.25, -0.2) is 14.9 Å². The van der Waals surface area contributed by atoms with E-state index in [1.54, 1.807) is 4.57 Å². The molecule has 1 unspecified atom stereocenters. The molecule has 0 spiro atoms. The Morgan fingerprint density at radius 1 is 1.24 bits per heavy atom. The first kappa shape index (κ1) is 18.9. The first-order valence-electron chi connectivity index (χ1n) is 8.93. The molecule has 5 rings (SSSR count). The van der Waals surface area contributed by atoms with E-state index in [4.69, 9.17) is 26.1 Å². The van der Waals surface area contributed by atoms with E-state index in [0.717, 1.165) is 5.56 Å². The Labute approximate surface area is 167 Å². The van der Waals surface area contributed by atoms with Gasteiger partial charge in [-0.05, 0) is 5.56 Å². The molecule has 2 fully saturated rings. The number of hydrogen-bond acceptors (Lipinski definition) is 9. The number of rotatable bonds is 4. The molecule has 0 saturated carbocycles. The van der Waals surface area contributed by atoms with Gasteiger partial charge in [0.15, 0.2) is 23.5 Å². The Morgan fingerprint density at radius 3 is 2.90 bits per heavy atom. The van der Waals surface area contributed by atoms with Crippen LogP contribution in [0.5, 0.6) is 5.88 Å². The number of aromatic nitrogens is 4. The van der Waals surface area contributed by atoms with Crippen molar-refractivity contribution < 1.29 is 28.5 Å². The largest absolute Gasteiger partial charge is 0.488 e. The van der Waals surface area contributed by atoms with Crippen LogP contribution in [0.2, 0.25) is 0 Å². The summed E-state index contributed by atoms with van der Waals surface area (Å²) >= 11 is 0. The summed E-state index contributed by atoms with van der Waals surface area (Å²) in [6, 6.07) is 9.69. The van der Waals surface area contributed by atoms with Gasteiger partial charge >= 0.3 is 15.4 Å². The fourth-order valence-corrected chi connectivity index (χ4v) is 4.48. The summed E-state index contributed by atoms with van der Waals surface area (Å²) < 4.78 is 23.7. The number of aliphatic hydroxyl groups excluding tert-OH is 1. The van der Waals surface area contributed by atoms with Gasteiger partial charge < -0.3 is 14.6 Å². The quantitative estimate of drug-likeness (QED) is 0.473. The summed E-state index contributed by atoms with van der Waals surface area (Å²) in [6.45, 7) is 0.350. The third-order valence-electron chi connectivity index (χ3n) is 4.82. The smallest absolute Gasteiger partial charge is 0.471 e. The fourth-order valence-electron chi connectivity index (χ4n) is 3.45. The van der Waals surface area contributed by atoms with Gasteiger partial charge in [0.05, 0.1) is 6.33 Å². The summed E-state index contributed by atoms with van der Waals surface area (Å²) in [6.07, 6.45) is -0.477. The second-order valence-corrected chi connectivity index (χ2v) is 8.36. The number of ether oxygens (including phenoxy) is 2. The lowest BCUT2D eigenvalue weighted by Crippen LogP contribution is -2.40. The average Bonchev–Trinajstić information content (AvgIpc) is 3.28. The summed E-state index contributed by atoms with van der Waals surface area (Å²) in [5.74, 6) is 0.323. The summed E-state index contributed by atoms with van der Waals surface area (Å²) in [7, 11) is 2.10. The first-order chi connectivity index (χ1) is 14.0. The minimum atomic E-state index is -3.45. The molecule has 12 heteroatoms. The van der Waals surface area contributed by atoms with Crippen LogP contribution in [0.25, 0.3) is 11.2 Å². The lowest BCUT2D eigenvalue weighted by molar-refractivity contribution is -0.0603. The van der Waals surface area contributed by atoms with Crippen LogP contribution in [0.1, 0.15) is 11.8 Å². The molecule has 4 heterocycles. The van der Waals surface area contributed by atoms with Crippen molar-refractivity contribution in [3.8, 4) is 5.88 Å². The van der Waals surface area contributed by atoms with E-state index in [0.29, 0.717) is 23.7 Å². The van der Waals surface area contributed by atoms with E-state index < -0.39 is 32.4 Å². The number of imidazole rings is 1. The van der Waals surface area contributed by atoms with E-state index in [1.165, 1.54) is 12.7 Å². The molecule has 2 aromatic heterocycles. The molecule has 5 atom stereocenters. The average molecular weight is 415 g/mol. The van der Waals surface area contributed by atoms with Crippen molar-refractivity contribution >= 4 is 26.6 Å². The number of nitrogens with zero attached hydrogens (tertiary/aromatic N) is 4. The zero-order valence-electron chi connectivity index (χ0n) is 15.1. The fraction of sp³-hybridized carbons (Fsp3) is 0.353. The topological polar surface area (TPSA) is 121 Å². The van der Waals surface area contributed by atoms with Gasteiger partial charge in [-0.1, -0.05) is 30.3 Å². The van der Waals surface area contributed by atoms with Crippen molar-refractivity contribution in [2.45, 2.75) is 31.1 Å². The van der Waals surface area contributed by atoms with E-state index >= 15 is 0 Å². The van der Waals surface area contributed by atoms with Crippen molar-refractivity contribution in [1.29, 1.82) is 0 Å². The molecule has 0 amide bonds. The maximum atomic E-state index is 10.7. The minimum absolute atomic E-state index is 0.0199. The third-order valence-corrected chi connectivity index (χ3v) is 5.89. The van der Waals surface area contributed by atoms with E-state index in [9.17, 15) is 10.00 Å². The standard InChI is InChI=1S/C17H17BN4O6P/c18-29(24)26-7-11-14(28-29)13(23)17(27-11)22-9-21-12-15(22)19-8-20-16(12)25-6-10-4-2-1-3-5-10/h1-5,8-9,11,13-14,17,23-24H,6-7H2/q+1/t11-,13-,14-,17-,29?/m1/s1. The Balaban J connectivity index is 1.40. The molecule has 2 aliphatic rings. The molecular weight excluding hydrogens is 398 g/mol. The zero-order chi connectivity index (χ0) is 20.0. The van der Waals surface area contributed by atoms with Crippen LogP contribution >= 0.6 is 7.82 Å². The van der Waals surface area contributed by atoms with Crippen LogP contribution in [0, 0.1) is 0 Å². The molecular formula is C17H17BN4O6P+. The maximum Gasteiger partial charge on any atom is 0.488 e. The molecule has 2 aliphatic heterocycles. The Kier molecular flexibility index (Phi) is 4.74. The van der Waals surface area contributed by atoms with Crippen LogP contribution in [0.4, 0.5) is 0 Å². The number of aliphatic hydroxyl groups is 1. The van der Waals surface area contributed by atoms with Crippen LogP contribution in [-0.4, -0.2) is 62.0 Å². The molecule has 1 aromatic carbocycles. The van der Waals surface area contributed by atoms with Crippen LogP contribution in [0.15, 0.2) is 43.0 Å². The van der Waals surface area contributed by atoms with Crippen molar-refractivity contribution in [2.24, 2.45) is 0 Å². The Bertz CT molecular complexity index is 1020. The molecule has 2 radical (unpaired) electrons. The zero-order valence-corrected chi connectivity index (χ0v) is 16.0. The lowest BCUT2D eigenvalue weighted by atomic mass is 10.1. The highest BCUT2D eigenvalue weighted by Gasteiger charge is 2.57. The highest BCUT2D eigenvalue weighted by Crippen LogP contribution is 2.58. The maximum absolute atomic E-state index is 10.7. The molecule has 0 aliphatic carbocycles. The predicted molar refractivity (Wildman–Crippen MR) is 102 cm³/mol. The predicted octanol–water partition coefficient (Wildman–Crippen LogP) is 0.917. The van der Waals surface area contributed by atoms with E-state index in [2.05, 4.69) is 15.0 Å². The molecule has 29 heavy (non-hydrogen) atoms. The molecule has 2 N–H and O–H groups in total. The summed E-state index contributed by atoms with van der Waals surface area (Å²) in [5.41, 5.74) is 1.87. The Hall–Kier alpha value is -2.14. The van der Waals surface area contributed by atoms with Gasteiger partial charge in [0.2, 0.25) is 5.88 Å². The molecule has 3 aromatic rings. The SMILES string of the molecule is [B][P+]1(O)OC[C@H]2O[C@@H](n3cnc4c(OCc5ccccc5)ncnc43)[C@H](O)[C@@H]2O1. The van der Waals surface area contributed by atoms with E-state index in [-0.39, 0.29) is 6.61 Å². The number of fused-ring (bicyclic) bond motifs is 2. The third kappa shape index (κ3) is 3.50. The van der Waals surface area contributed by atoms with Gasteiger partial charge in [0.25, 0.3) is 0 Å². The Morgan fingerprint density at radius 2 is 2.07 bits per heavy atom. The van der Waals surface area contributed by atoms with Gasteiger partial charge in [0, 0.05) is 0 Å². The number of benzene rings is 1. The highest BCUT2D eigenvalue weighted by molar-refractivity contribution is 7.85. The lowest BCUT2D eigenvalue weighted by Gasteiger charge is -2.27. The summed E-state index contributed by atoms with van der Waals surface area (Å²) in [5, 5.41) is 10.7. The van der Waals surface area contributed by atoms with Crippen molar-refractivity contribution in [2.75, 3.05) is 6.61 Å². The van der Waals surface area contributed by atoms with Crippen LogP contribution in [0.3, 0.4) is 0 Å². The molecule has 0 bridgehead atoms. The number of hydrogen-bond donors (Lipinski definition) is 2. The highest BCUT2D eigenvalue weighted by atomic mass is 31.2. The molecule has 148 valence electrons. The molecule has 10 nitrogen and oxygen atoms in total. The van der Waals surface area contributed by atoms with Gasteiger partial charge in [0.1, 0.15) is 31.7 Å². The molecule has 2 saturated heterocycles. The second-order valence-electron chi connectivity index (χ2n) is 6.76. The summed E-state index contributed by atoms with van der Waals surface area (Å²) in [4.78, 5) is 22.6. The van der Waals surface area contributed by atoms with Gasteiger partial charge in [-0.15, -0.1) is 0 Å². The van der Waals surface area contributed by atoms with Gasteiger partial charge in [-0.2, -0.15) is 14.0 Å². The first-order valence-corrected chi connectivity index (χ1v) is 10.6.